The van der Waals surface area contributed by atoms with Gasteiger partial charge in [0.25, 0.3) is 0 Å². The topological polar surface area (TPSA) is 86.8 Å². The first-order valence-corrected chi connectivity index (χ1v) is 13.2. The molecule has 1 aliphatic rings. The lowest BCUT2D eigenvalue weighted by atomic mass is 10.2. The maximum Gasteiger partial charge on any atom is 0.243 e. The molecule has 1 heterocycles. The highest BCUT2D eigenvalue weighted by molar-refractivity contribution is 8.00. The van der Waals surface area contributed by atoms with E-state index in [1.54, 1.807) is 17.0 Å². The lowest BCUT2D eigenvalue weighted by Gasteiger charge is -2.28. The van der Waals surface area contributed by atoms with Crippen LogP contribution in [0.1, 0.15) is 12.0 Å². The van der Waals surface area contributed by atoms with E-state index in [0.717, 1.165) is 16.1 Å². The molecule has 0 radical (unpaired) electrons. The van der Waals surface area contributed by atoms with Crippen molar-refractivity contribution in [1.82, 2.24) is 4.31 Å². The second-order valence-corrected chi connectivity index (χ2v) is 10.9. The molecule has 34 heavy (non-hydrogen) atoms. The number of nitrogens with one attached hydrogen (secondary N) is 1. The van der Waals surface area contributed by atoms with Crippen molar-refractivity contribution in [1.29, 1.82) is 0 Å². The number of sulfonamides is 1. The minimum absolute atomic E-state index is 0.0225. The number of hydrogen-bond donors (Lipinski definition) is 1. The van der Waals surface area contributed by atoms with E-state index >= 15 is 0 Å². The molecule has 0 saturated heterocycles. The zero-order valence-electron chi connectivity index (χ0n) is 18.7. The van der Waals surface area contributed by atoms with Crippen LogP contribution in [0.2, 0.25) is 0 Å². The SMILES string of the molecule is CN(Cc1ccccc1)S(=O)(=O)c1ccc(NC(=O)CCN2C(=O)CSc3ccccc32)cc1. The first-order chi connectivity index (χ1) is 16.3. The second kappa shape index (κ2) is 10.4. The van der Waals surface area contributed by atoms with Gasteiger partial charge in [-0.25, -0.2) is 8.42 Å². The molecule has 0 bridgehead atoms. The fraction of sp³-hybridized carbons (Fsp3) is 0.200. The molecular weight excluding hydrogens is 470 g/mol. The molecule has 0 atom stereocenters. The summed E-state index contributed by atoms with van der Waals surface area (Å²) in [6.07, 6.45) is 0.130. The zero-order valence-corrected chi connectivity index (χ0v) is 20.3. The summed E-state index contributed by atoms with van der Waals surface area (Å²) >= 11 is 1.50. The van der Waals surface area contributed by atoms with E-state index in [-0.39, 0.29) is 36.2 Å². The van der Waals surface area contributed by atoms with Crippen LogP contribution in [0.4, 0.5) is 11.4 Å². The maximum atomic E-state index is 12.9. The molecule has 0 unspecified atom stereocenters. The molecular formula is C25H25N3O4S2. The highest BCUT2D eigenvalue weighted by atomic mass is 32.2. The van der Waals surface area contributed by atoms with Gasteiger partial charge in [0.05, 0.1) is 16.3 Å². The number of carbonyl (C=O) groups excluding carboxylic acids is 2. The summed E-state index contributed by atoms with van der Waals surface area (Å²) in [6, 6.07) is 23.1. The summed E-state index contributed by atoms with van der Waals surface area (Å²) < 4.78 is 27.1. The van der Waals surface area contributed by atoms with Gasteiger partial charge in [-0.3, -0.25) is 9.59 Å². The zero-order chi connectivity index (χ0) is 24.1. The molecule has 9 heteroatoms. The third kappa shape index (κ3) is 5.49. The van der Waals surface area contributed by atoms with Crippen molar-refractivity contribution in [3.8, 4) is 0 Å². The quantitative estimate of drug-likeness (QED) is 0.511. The number of thioether (sulfide) groups is 1. The summed E-state index contributed by atoms with van der Waals surface area (Å²) in [7, 11) is -2.13. The van der Waals surface area contributed by atoms with Gasteiger partial charge in [-0.2, -0.15) is 4.31 Å². The summed E-state index contributed by atoms with van der Waals surface area (Å²) in [6.45, 7) is 0.539. The molecule has 0 aromatic heterocycles. The van der Waals surface area contributed by atoms with E-state index in [0.29, 0.717) is 11.4 Å². The lowest BCUT2D eigenvalue weighted by Crippen LogP contribution is -2.37. The largest absolute Gasteiger partial charge is 0.326 e. The van der Waals surface area contributed by atoms with Crippen LogP contribution in [-0.4, -0.2) is 43.9 Å². The maximum absolute atomic E-state index is 12.9. The summed E-state index contributed by atoms with van der Waals surface area (Å²) in [5, 5.41) is 2.78. The van der Waals surface area contributed by atoms with Gasteiger partial charge in [-0.05, 0) is 42.0 Å². The Labute approximate surface area is 203 Å². The Kier molecular flexibility index (Phi) is 7.35. The predicted molar refractivity (Wildman–Crippen MR) is 134 cm³/mol. The van der Waals surface area contributed by atoms with Gasteiger partial charge in [0.2, 0.25) is 21.8 Å². The summed E-state index contributed by atoms with van der Waals surface area (Å²) in [5.41, 5.74) is 2.21. The number of fused-ring (bicyclic) bond motifs is 1. The highest BCUT2D eigenvalue weighted by Gasteiger charge is 2.25. The number of benzene rings is 3. The Morgan fingerprint density at radius 2 is 1.68 bits per heavy atom. The van der Waals surface area contributed by atoms with Crippen molar-refractivity contribution < 1.29 is 18.0 Å². The van der Waals surface area contributed by atoms with Crippen LogP contribution in [-0.2, 0) is 26.2 Å². The molecule has 0 fully saturated rings. The minimum Gasteiger partial charge on any atom is -0.326 e. The number of para-hydroxylation sites is 1. The van der Waals surface area contributed by atoms with Crippen molar-refractivity contribution in [2.24, 2.45) is 0 Å². The van der Waals surface area contributed by atoms with E-state index in [2.05, 4.69) is 5.32 Å². The fourth-order valence-corrected chi connectivity index (χ4v) is 5.75. The molecule has 176 valence electrons. The van der Waals surface area contributed by atoms with Gasteiger partial charge < -0.3 is 10.2 Å². The molecule has 1 aliphatic heterocycles. The van der Waals surface area contributed by atoms with Crippen molar-refractivity contribution in [2.75, 3.05) is 29.6 Å². The van der Waals surface area contributed by atoms with E-state index in [1.807, 2.05) is 54.6 Å². The highest BCUT2D eigenvalue weighted by Crippen LogP contribution is 2.34. The van der Waals surface area contributed by atoms with Crippen LogP contribution < -0.4 is 10.2 Å². The first-order valence-electron chi connectivity index (χ1n) is 10.8. The fourth-order valence-electron chi connectivity index (χ4n) is 3.65. The monoisotopic (exact) mass is 495 g/mol. The second-order valence-electron chi connectivity index (χ2n) is 7.87. The minimum atomic E-state index is -3.67. The van der Waals surface area contributed by atoms with Crippen LogP contribution in [0.3, 0.4) is 0 Å². The van der Waals surface area contributed by atoms with E-state index in [9.17, 15) is 18.0 Å². The summed E-state index contributed by atoms with van der Waals surface area (Å²) in [4.78, 5) is 27.6. The normalized spacial score (nSPS) is 13.6. The Morgan fingerprint density at radius 1 is 1.00 bits per heavy atom. The summed E-state index contributed by atoms with van der Waals surface area (Å²) in [5.74, 6) is 0.0822. The van der Waals surface area contributed by atoms with Crippen LogP contribution in [0.15, 0.2) is 88.7 Å². The average Bonchev–Trinajstić information content (AvgIpc) is 2.84. The Balaban J connectivity index is 1.35. The van der Waals surface area contributed by atoms with Gasteiger partial charge in [-0.15, -0.1) is 11.8 Å². The van der Waals surface area contributed by atoms with Gasteiger partial charge in [0.1, 0.15) is 0 Å². The molecule has 7 nitrogen and oxygen atoms in total. The Hall–Kier alpha value is -3.14. The number of carbonyl (C=O) groups is 2. The molecule has 0 aliphatic carbocycles. The lowest BCUT2D eigenvalue weighted by molar-refractivity contribution is -0.117. The first kappa shape index (κ1) is 24.0. The Morgan fingerprint density at radius 3 is 2.41 bits per heavy atom. The van der Waals surface area contributed by atoms with Crippen LogP contribution in [0, 0.1) is 0 Å². The Bertz CT molecular complexity index is 1280. The molecule has 3 aromatic carbocycles. The molecule has 0 saturated carbocycles. The van der Waals surface area contributed by atoms with Gasteiger partial charge in [0, 0.05) is 37.1 Å². The van der Waals surface area contributed by atoms with Crippen molar-refractivity contribution in [2.45, 2.75) is 22.8 Å². The van der Waals surface area contributed by atoms with Crippen molar-refractivity contribution in [3.05, 3.63) is 84.4 Å². The smallest absolute Gasteiger partial charge is 0.243 e. The van der Waals surface area contributed by atoms with Crippen molar-refractivity contribution >= 4 is 45.0 Å². The van der Waals surface area contributed by atoms with E-state index in [1.165, 1.54) is 35.2 Å². The third-order valence-corrected chi connectivity index (χ3v) is 8.33. The van der Waals surface area contributed by atoms with Gasteiger partial charge >= 0.3 is 0 Å². The molecule has 4 rings (SSSR count). The average molecular weight is 496 g/mol. The van der Waals surface area contributed by atoms with Crippen LogP contribution in [0.5, 0.6) is 0 Å². The van der Waals surface area contributed by atoms with Gasteiger partial charge in [0.15, 0.2) is 0 Å². The molecule has 3 aromatic rings. The van der Waals surface area contributed by atoms with Crippen LogP contribution >= 0.6 is 11.8 Å². The molecule has 0 spiro atoms. The number of anilines is 2. The number of rotatable bonds is 8. The number of hydrogen-bond acceptors (Lipinski definition) is 5. The van der Waals surface area contributed by atoms with E-state index < -0.39 is 10.0 Å². The number of amides is 2. The number of nitrogens with zero attached hydrogens (tertiary/aromatic N) is 2. The molecule has 2 amide bonds. The predicted octanol–water partition coefficient (Wildman–Crippen LogP) is 3.97. The molecule has 1 N–H and O–H groups in total. The van der Waals surface area contributed by atoms with E-state index in [4.69, 9.17) is 0 Å². The van der Waals surface area contributed by atoms with Crippen molar-refractivity contribution in [3.63, 3.8) is 0 Å². The van der Waals surface area contributed by atoms with Crippen LogP contribution in [0.25, 0.3) is 0 Å². The third-order valence-electron chi connectivity index (χ3n) is 5.47. The standard InChI is InChI=1S/C25H25N3O4S2/c1-27(17-19-7-3-2-4-8-19)34(31,32)21-13-11-20(12-14-21)26-24(29)15-16-28-22-9-5-6-10-23(22)33-18-25(28)30/h2-14H,15-18H2,1H3,(H,26,29). The van der Waals surface area contributed by atoms with Gasteiger partial charge in [-0.1, -0.05) is 42.5 Å².